The summed E-state index contributed by atoms with van der Waals surface area (Å²) in [6.07, 6.45) is 1.41. The molecule has 2 N–H and O–H groups in total. The van der Waals surface area contributed by atoms with Crippen molar-refractivity contribution in [3.63, 3.8) is 0 Å². The molecule has 1 heterocycles. The Kier molecular flexibility index (Phi) is 4.94. The molecule has 6 nitrogen and oxygen atoms in total. The SMILES string of the molecule is COc1cc2c(Nc3cc(OC)c(Cl)cc3Cl)c(C#N)cnc2cc1O. The van der Waals surface area contributed by atoms with Crippen molar-refractivity contribution >= 4 is 45.5 Å². The van der Waals surface area contributed by atoms with Gasteiger partial charge in [-0.05, 0) is 12.1 Å². The lowest BCUT2D eigenvalue weighted by molar-refractivity contribution is 0.374. The Morgan fingerprint density at radius 2 is 1.81 bits per heavy atom. The third-order valence-electron chi connectivity index (χ3n) is 3.79. The molecule has 0 aliphatic rings. The second-order valence-corrected chi connectivity index (χ2v) is 6.11. The molecule has 0 aliphatic heterocycles. The summed E-state index contributed by atoms with van der Waals surface area (Å²) in [5, 5.41) is 23.9. The van der Waals surface area contributed by atoms with E-state index in [1.165, 1.54) is 26.5 Å². The van der Waals surface area contributed by atoms with Crippen molar-refractivity contribution in [3.05, 3.63) is 46.1 Å². The van der Waals surface area contributed by atoms with Crippen LogP contribution in [0.5, 0.6) is 17.2 Å². The van der Waals surface area contributed by atoms with E-state index < -0.39 is 0 Å². The molecule has 0 radical (unpaired) electrons. The zero-order chi connectivity index (χ0) is 18.8. The van der Waals surface area contributed by atoms with Crippen LogP contribution in [0.2, 0.25) is 10.0 Å². The number of anilines is 2. The Morgan fingerprint density at radius 3 is 2.46 bits per heavy atom. The summed E-state index contributed by atoms with van der Waals surface area (Å²) in [7, 11) is 2.94. The summed E-state index contributed by atoms with van der Waals surface area (Å²) in [4.78, 5) is 4.20. The summed E-state index contributed by atoms with van der Waals surface area (Å²) in [5.41, 5.74) is 1.77. The van der Waals surface area contributed by atoms with Crippen LogP contribution < -0.4 is 14.8 Å². The first-order valence-electron chi connectivity index (χ1n) is 7.38. The summed E-state index contributed by atoms with van der Waals surface area (Å²) in [5.74, 6) is 0.650. The summed E-state index contributed by atoms with van der Waals surface area (Å²) >= 11 is 12.3. The van der Waals surface area contributed by atoms with Gasteiger partial charge in [-0.25, -0.2) is 0 Å². The van der Waals surface area contributed by atoms with Gasteiger partial charge in [0, 0.05) is 23.7 Å². The first-order valence-corrected chi connectivity index (χ1v) is 8.14. The van der Waals surface area contributed by atoms with Crippen LogP contribution in [0.3, 0.4) is 0 Å². The van der Waals surface area contributed by atoms with E-state index in [0.29, 0.717) is 43.6 Å². The van der Waals surface area contributed by atoms with Crippen LogP contribution in [0.25, 0.3) is 10.9 Å². The van der Waals surface area contributed by atoms with Crippen LogP contribution >= 0.6 is 23.2 Å². The van der Waals surface area contributed by atoms with Gasteiger partial charge in [-0.15, -0.1) is 0 Å². The van der Waals surface area contributed by atoms with Crippen LogP contribution in [-0.2, 0) is 0 Å². The summed E-state index contributed by atoms with van der Waals surface area (Å²) in [6, 6.07) is 8.34. The Morgan fingerprint density at radius 1 is 1.08 bits per heavy atom. The molecule has 0 atom stereocenters. The fourth-order valence-electron chi connectivity index (χ4n) is 2.51. The van der Waals surface area contributed by atoms with Crippen molar-refractivity contribution in [1.82, 2.24) is 4.98 Å². The van der Waals surface area contributed by atoms with Crippen molar-refractivity contribution in [1.29, 1.82) is 5.26 Å². The number of nitrogens with one attached hydrogen (secondary N) is 1. The lowest BCUT2D eigenvalue weighted by Crippen LogP contribution is -1.99. The standard InChI is InChI=1S/C18H13Cl2N3O3/c1-25-16-6-14(11(19)4-12(16)20)23-18-9(7-21)8-22-13-5-15(24)17(26-2)3-10(13)18/h3-6,8,24H,1-2H3,(H,22,23). The van der Waals surface area contributed by atoms with E-state index in [0.717, 1.165) is 0 Å². The maximum Gasteiger partial charge on any atom is 0.161 e. The van der Waals surface area contributed by atoms with E-state index in [1.807, 2.05) is 0 Å². The third-order valence-corrected chi connectivity index (χ3v) is 4.40. The predicted molar refractivity (Wildman–Crippen MR) is 101 cm³/mol. The molecule has 0 aliphatic carbocycles. The fraction of sp³-hybridized carbons (Fsp3) is 0.111. The van der Waals surface area contributed by atoms with Crippen molar-refractivity contribution in [2.45, 2.75) is 0 Å². The van der Waals surface area contributed by atoms with Crippen molar-refractivity contribution in [3.8, 4) is 23.3 Å². The minimum atomic E-state index is -0.0469. The maximum atomic E-state index is 9.96. The van der Waals surface area contributed by atoms with E-state index in [9.17, 15) is 10.4 Å². The van der Waals surface area contributed by atoms with Gasteiger partial charge in [-0.2, -0.15) is 5.26 Å². The highest BCUT2D eigenvalue weighted by atomic mass is 35.5. The largest absolute Gasteiger partial charge is 0.504 e. The predicted octanol–water partition coefficient (Wildman–Crippen LogP) is 4.88. The normalized spacial score (nSPS) is 10.4. The van der Waals surface area contributed by atoms with Crippen LogP contribution in [0, 0.1) is 11.3 Å². The van der Waals surface area contributed by atoms with E-state index in [1.54, 1.807) is 18.2 Å². The monoisotopic (exact) mass is 389 g/mol. The zero-order valence-corrected chi connectivity index (χ0v) is 15.3. The summed E-state index contributed by atoms with van der Waals surface area (Å²) in [6.45, 7) is 0. The molecule has 0 saturated heterocycles. The first-order chi connectivity index (χ1) is 12.5. The number of fused-ring (bicyclic) bond motifs is 1. The Labute approximate surface area is 159 Å². The average molecular weight is 390 g/mol. The molecule has 26 heavy (non-hydrogen) atoms. The van der Waals surface area contributed by atoms with Gasteiger partial charge >= 0.3 is 0 Å². The van der Waals surface area contributed by atoms with Crippen molar-refractivity contribution < 1.29 is 14.6 Å². The molecule has 8 heteroatoms. The molecule has 0 amide bonds. The van der Waals surface area contributed by atoms with Gasteiger partial charge in [0.15, 0.2) is 11.5 Å². The van der Waals surface area contributed by atoms with E-state index in [2.05, 4.69) is 16.4 Å². The van der Waals surface area contributed by atoms with E-state index in [-0.39, 0.29) is 11.5 Å². The van der Waals surface area contributed by atoms with Crippen LogP contribution in [0.4, 0.5) is 11.4 Å². The van der Waals surface area contributed by atoms with Gasteiger partial charge in [-0.3, -0.25) is 4.98 Å². The smallest absolute Gasteiger partial charge is 0.161 e. The number of aromatic hydroxyl groups is 1. The highest BCUT2D eigenvalue weighted by molar-refractivity contribution is 6.37. The Bertz CT molecular complexity index is 1050. The number of nitrogens with zero attached hydrogens (tertiary/aromatic N) is 2. The number of benzene rings is 2. The molecule has 1 aromatic heterocycles. The van der Waals surface area contributed by atoms with Gasteiger partial charge in [0.1, 0.15) is 11.8 Å². The molecule has 0 unspecified atom stereocenters. The fourth-order valence-corrected chi connectivity index (χ4v) is 3.01. The molecular weight excluding hydrogens is 377 g/mol. The second-order valence-electron chi connectivity index (χ2n) is 5.29. The number of hydrogen-bond acceptors (Lipinski definition) is 6. The number of pyridine rings is 1. The van der Waals surface area contributed by atoms with E-state index in [4.69, 9.17) is 32.7 Å². The highest BCUT2D eigenvalue weighted by Crippen LogP contribution is 2.39. The number of methoxy groups -OCH3 is 2. The molecule has 0 fully saturated rings. The number of nitriles is 1. The van der Waals surface area contributed by atoms with Gasteiger partial charge in [0.05, 0.1) is 46.7 Å². The van der Waals surface area contributed by atoms with Gasteiger partial charge < -0.3 is 19.9 Å². The van der Waals surface area contributed by atoms with Gasteiger partial charge in [-0.1, -0.05) is 23.2 Å². The minimum Gasteiger partial charge on any atom is -0.504 e. The third kappa shape index (κ3) is 3.15. The topological polar surface area (TPSA) is 87.4 Å². The van der Waals surface area contributed by atoms with Gasteiger partial charge in [0.25, 0.3) is 0 Å². The number of phenolic OH excluding ortho intramolecular Hbond substituents is 1. The number of rotatable bonds is 4. The Hall–Kier alpha value is -2.88. The molecule has 0 spiro atoms. The first kappa shape index (κ1) is 17.9. The van der Waals surface area contributed by atoms with Crippen LogP contribution in [-0.4, -0.2) is 24.3 Å². The number of halogens is 2. The quantitative estimate of drug-likeness (QED) is 0.660. The van der Waals surface area contributed by atoms with Crippen LogP contribution in [0.1, 0.15) is 5.56 Å². The number of aromatic nitrogens is 1. The molecule has 2 aromatic carbocycles. The molecule has 3 rings (SSSR count). The molecule has 0 bridgehead atoms. The number of hydrogen-bond donors (Lipinski definition) is 2. The molecule has 3 aromatic rings. The lowest BCUT2D eigenvalue weighted by Gasteiger charge is -2.15. The number of ether oxygens (including phenoxy) is 2. The Balaban J connectivity index is 2.22. The summed E-state index contributed by atoms with van der Waals surface area (Å²) < 4.78 is 10.4. The highest BCUT2D eigenvalue weighted by Gasteiger charge is 2.15. The van der Waals surface area contributed by atoms with Crippen LogP contribution in [0.15, 0.2) is 30.5 Å². The lowest BCUT2D eigenvalue weighted by atomic mass is 10.1. The minimum absolute atomic E-state index is 0.0469. The van der Waals surface area contributed by atoms with E-state index >= 15 is 0 Å². The zero-order valence-electron chi connectivity index (χ0n) is 13.8. The van der Waals surface area contributed by atoms with Crippen molar-refractivity contribution in [2.24, 2.45) is 0 Å². The van der Waals surface area contributed by atoms with Crippen molar-refractivity contribution in [2.75, 3.05) is 19.5 Å². The number of phenols is 1. The van der Waals surface area contributed by atoms with Gasteiger partial charge in [0.2, 0.25) is 0 Å². The second kappa shape index (κ2) is 7.16. The maximum absolute atomic E-state index is 9.96. The molecule has 0 saturated carbocycles. The molecule has 132 valence electrons. The molecular formula is C18H13Cl2N3O3. The average Bonchev–Trinajstić information content (AvgIpc) is 2.63.